The molecule has 0 aromatic rings. The van der Waals surface area contributed by atoms with Crippen molar-refractivity contribution >= 4 is 6.98 Å². The summed E-state index contributed by atoms with van der Waals surface area (Å²) in [7, 11) is 0. The van der Waals surface area contributed by atoms with Crippen LogP contribution in [0.5, 0.6) is 0 Å². The molecule has 6 heteroatoms. The normalized spacial score (nSPS) is 30.3. The Morgan fingerprint density at radius 1 is 1.33 bits per heavy atom. The Bertz CT molecular complexity index is 256. The fraction of sp³-hybridized carbons (Fsp3) is 0.778. The summed E-state index contributed by atoms with van der Waals surface area (Å²) in [5.41, 5.74) is -0.544. The van der Waals surface area contributed by atoms with Crippen molar-refractivity contribution in [2.45, 2.75) is 25.3 Å². The van der Waals surface area contributed by atoms with E-state index in [1.54, 1.807) is 0 Å². The number of piperidine rings is 1. The minimum Gasteiger partial charge on any atom is -0.445 e. The summed E-state index contributed by atoms with van der Waals surface area (Å²) in [6.45, 7) is -0.828. The summed E-state index contributed by atoms with van der Waals surface area (Å²) >= 11 is 0. The van der Waals surface area contributed by atoms with Crippen molar-refractivity contribution in [2.75, 3.05) is 13.1 Å². The molecular weight excluding hydrogens is 229 g/mol. The van der Waals surface area contributed by atoms with Gasteiger partial charge >= 0.3 is 58.4 Å². The standard InChI is InChI=1S/C9H14BF3N.K/c1-7(10(11,12)13)5-14-6-8-2-3-9(14)4-8;/h8-9H,1-6H2;/q-1;+1. The Kier molecular flexibility index (Phi) is 4.97. The van der Waals surface area contributed by atoms with Gasteiger partial charge < -0.3 is 12.9 Å². The second-order valence-electron chi connectivity index (χ2n) is 4.50. The van der Waals surface area contributed by atoms with E-state index in [1.807, 2.05) is 4.90 Å². The van der Waals surface area contributed by atoms with Gasteiger partial charge in [-0.2, -0.15) is 0 Å². The average Bonchev–Trinajstić information content (AvgIpc) is 2.62. The van der Waals surface area contributed by atoms with Crippen LogP contribution in [0, 0.1) is 5.92 Å². The van der Waals surface area contributed by atoms with Crippen LogP contribution in [0.4, 0.5) is 12.9 Å². The molecule has 0 aromatic carbocycles. The van der Waals surface area contributed by atoms with Gasteiger partial charge in [0.1, 0.15) is 0 Å². The maximum absolute atomic E-state index is 12.3. The zero-order chi connectivity index (χ0) is 10.3. The van der Waals surface area contributed by atoms with Crippen LogP contribution in [0.2, 0.25) is 0 Å². The van der Waals surface area contributed by atoms with Gasteiger partial charge in [0.15, 0.2) is 0 Å². The van der Waals surface area contributed by atoms with E-state index in [2.05, 4.69) is 6.58 Å². The molecule has 2 atom stereocenters. The summed E-state index contributed by atoms with van der Waals surface area (Å²) in [6.07, 6.45) is 3.37. The Hall–Kier alpha value is 1.19. The minimum atomic E-state index is -4.84. The third-order valence-corrected chi connectivity index (χ3v) is 3.39. The first-order valence-corrected chi connectivity index (χ1v) is 5.08. The molecule has 0 spiro atoms. The molecule has 1 heterocycles. The molecule has 0 N–H and O–H groups in total. The van der Waals surface area contributed by atoms with Crippen LogP contribution in [-0.4, -0.2) is 31.0 Å². The molecule has 2 aliphatic rings. The topological polar surface area (TPSA) is 3.24 Å². The molecule has 2 rings (SSSR count). The Labute approximate surface area is 131 Å². The second kappa shape index (κ2) is 5.23. The van der Waals surface area contributed by atoms with Crippen molar-refractivity contribution in [1.29, 1.82) is 0 Å². The largest absolute Gasteiger partial charge is 1.00 e. The number of nitrogens with zero attached hydrogens (tertiary/aromatic N) is 1. The minimum absolute atomic E-state index is 0. The predicted molar refractivity (Wildman–Crippen MR) is 50.9 cm³/mol. The second-order valence-corrected chi connectivity index (χ2v) is 4.50. The van der Waals surface area contributed by atoms with Crippen molar-refractivity contribution in [3.8, 4) is 0 Å². The fourth-order valence-electron chi connectivity index (χ4n) is 2.58. The van der Waals surface area contributed by atoms with Crippen molar-refractivity contribution in [1.82, 2.24) is 4.90 Å². The molecular formula is C9H14BF3KN. The van der Waals surface area contributed by atoms with Crippen LogP contribution in [0.25, 0.3) is 0 Å². The number of fused-ring (bicyclic) bond motifs is 2. The monoisotopic (exact) mass is 243 g/mol. The molecule has 1 nitrogen and oxygen atoms in total. The maximum atomic E-state index is 12.3. The van der Waals surface area contributed by atoms with Gasteiger partial charge in [-0.05, 0) is 31.7 Å². The van der Waals surface area contributed by atoms with E-state index in [-0.39, 0.29) is 57.9 Å². The molecule has 2 fully saturated rings. The third kappa shape index (κ3) is 3.33. The van der Waals surface area contributed by atoms with Crippen LogP contribution in [-0.2, 0) is 0 Å². The molecule has 1 saturated carbocycles. The molecule has 2 unspecified atom stereocenters. The van der Waals surface area contributed by atoms with Crippen molar-refractivity contribution in [2.24, 2.45) is 5.92 Å². The van der Waals surface area contributed by atoms with Crippen LogP contribution < -0.4 is 51.4 Å². The average molecular weight is 243 g/mol. The van der Waals surface area contributed by atoms with E-state index in [9.17, 15) is 12.9 Å². The predicted octanol–water partition coefficient (Wildman–Crippen LogP) is -0.582. The van der Waals surface area contributed by atoms with Gasteiger partial charge in [0.25, 0.3) is 0 Å². The van der Waals surface area contributed by atoms with Gasteiger partial charge in [0.05, 0.1) is 0 Å². The van der Waals surface area contributed by atoms with Gasteiger partial charge in [0, 0.05) is 12.6 Å². The number of halogens is 3. The van der Waals surface area contributed by atoms with Crippen molar-refractivity contribution in [3.05, 3.63) is 12.1 Å². The zero-order valence-corrected chi connectivity index (χ0v) is 12.2. The SMILES string of the molecule is C=C(CN1CC2CCC1C2)[B-](F)(F)F.[K+]. The summed E-state index contributed by atoms with van der Waals surface area (Å²) in [5.74, 6) is 0.647. The van der Waals surface area contributed by atoms with E-state index in [4.69, 9.17) is 0 Å². The molecule has 1 saturated heterocycles. The number of likely N-dealkylation sites (tertiary alicyclic amines) is 1. The smallest absolute Gasteiger partial charge is 0.445 e. The van der Waals surface area contributed by atoms with Crippen LogP contribution in [0.15, 0.2) is 12.1 Å². The zero-order valence-electron chi connectivity index (χ0n) is 9.06. The molecule has 15 heavy (non-hydrogen) atoms. The number of rotatable bonds is 3. The Balaban J connectivity index is 0.00000112. The van der Waals surface area contributed by atoms with Crippen LogP contribution in [0.3, 0.4) is 0 Å². The van der Waals surface area contributed by atoms with Gasteiger partial charge in [0.2, 0.25) is 0 Å². The van der Waals surface area contributed by atoms with Crippen LogP contribution >= 0.6 is 0 Å². The summed E-state index contributed by atoms with van der Waals surface area (Å²) in [5, 5.41) is 0. The molecule has 0 radical (unpaired) electrons. The molecule has 0 amide bonds. The van der Waals surface area contributed by atoms with Gasteiger partial charge in [-0.1, -0.05) is 0 Å². The number of hydrogen-bond donors (Lipinski definition) is 0. The number of hydrogen-bond acceptors (Lipinski definition) is 1. The Morgan fingerprint density at radius 3 is 2.40 bits per heavy atom. The van der Waals surface area contributed by atoms with Gasteiger partial charge in [-0.3, -0.25) is 4.90 Å². The maximum Gasteiger partial charge on any atom is 1.00 e. The fourth-order valence-corrected chi connectivity index (χ4v) is 2.58. The first kappa shape index (κ1) is 14.3. The van der Waals surface area contributed by atoms with E-state index < -0.39 is 12.4 Å². The molecule has 80 valence electrons. The molecule has 2 bridgehead atoms. The quantitative estimate of drug-likeness (QED) is 0.599. The Morgan fingerprint density at radius 2 is 2.00 bits per heavy atom. The third-order valence-electron chi connectivity index (χ3n) is 3.39. The summed E-state index contributed by atoms with van der Waals surface area (Å²) in [6, 6.07) is 0.398. The van der Waals surface area contributed by atoms with E-state index in [0.717, 1.165) is 19.4 Å². The first-order chi connectivity index (χ1) is 6.47. The van der Waals surface area contributed by atoms with Crippen molar-refractivity contribution in [3.63, 3.8) is 0 Å². The molecule has 0 aromatic heterocycles. The van der Waals surface area contributed by atoms with E-state index in [1.165, 1.54) is 6.42 Å². The van der Waals surface area contributed by atoms with E-state index >= 15 is 0 Å². The summed E-state index contributed by atoms with van der Waals surface area (Å²) in [4.78, 5) is 1.95. The first-order valence-electron chi connectivity index (χ1n) is 5.08. The van der Waals surface area contributed by atoms with Gasteiger partial charge in [-0.15, -0.1) is 12.1 Å². The van der Waals surface area contributed by atoms with Crippen LogP contribution in [0.1, 0.15) is 19.3 Å². The summed E-state index contributed by atoms with van der Waals surface area (Å²) < 4.78 is 36.8. The van der Waals surface area contributed by atoms with Crippen molar-refractivity contribution < 1.29 is 64.3 Å². The molecule has 1 aliphatic heterocycles. The van der Waals surface area contributed by atoms with E-state index in [0.29, 0.717) is 12.0 Å². The molecule has 1 aliphatic carbocycles. The van der Waals surface area contributed by atoms with Gasteiger partial charge in [-0.25, -0.2) is 0 Å².